The monoisotopic (exact) mass is 287 g/mol. The van der Waals surface area contributed by atoms with Gasteiger partial charge in [-0.3, -0.25) is 4.68 Å². The summed E-state index contributed by atoms with van der Waals surface area (Å²) in [5.74, 6) is 0. The molecule has 0 fully saturated rings. The first-order chi connectivity index (χ1) is 8.54. The van der Waals surface area contributed by atoms with E-state index in [2.05, 4.69) is 31.2 Å². The topological polar surface area (TPSA) is 50.1 Å². The van der Waals surface area contributed by atoms with E-state index in [9.17, 15) is 5.11 Å². The third-order valence-corrected chi connectivity index (χ3v) is 3.29. The van der Waals surface area contributed by atoms with Crippen LogP contribution in [0, 0.1) is 0 Å². The Bertz CT molecular complexity index is 419. The molecule has 4 nitrogen and oxygen atoms in total. The van der Waals surface area contributed by atoms with Crippen LogP contribution in [0.3, 0.4) is 0 Å². The number of aliphatic hydroxyl groups is 1. The molecule has 1 aromatic rings. The Balaban J connectivity index is 2.85. The summed E-state index contributed by atoms with van der Waals surface area (Å²) in [6.07, 6.45) is 2.19. The van der Waals surface area contributed by atoms with Crippen molar-refractivity contribution in [1.29, 1.82) is 0 Å². The van der Waals surface area contributed by atoms with Crippen LogP contribution in [-0.4, -0.2) is 27.0 Å². The summed E-state index contributed by atoms with van der Waals surface area (Å²) in [5.41, 5.74) is -0.256. The Hall–Kier alpha value is -0.580. The minimum atomic E-state index is -0.990. The van der Waals surface area contributed by atoms with Gasteiger partial charge < -0.3 is 10.4 Å². The summed E-state index contributed by atoms with van der Waals surface area (Å²) in [4.78, 5) is 0. The molecule has 0 saturated heterocycles. The minimum absolute atomic E-state index is 0.0398. The van der Waals surface area contributed by atoms with Crippen LogP contribution in [0.4, 0.5) is 0 Å². The highest BCUT2D eigenvalue weighted by Gasteiger charge is 2.31. The van der Waals surface area contributed by atoms with Gasteiger partial charge in [-0.05, 0) is 54.5 Å². The predicted octanol–water partition coefficient (Wildman–Crippen LogP) is 3.10. The molecule has 1 atom stereocenters. The van der Waals surface area contributed by atoms with Gasteiger partial charge in [-0.15, -0.1) is 0 Å². The smallest absolute Gasteiger partial charge is 0.106 e. The highest BCUT2D eigenvalue weighted by atomic mass is 35.5. The number of nitrogens with zero attached hydrogens (tertiary/aromatic N) is 2. The van der Waals surface area contributed by atoms with Crippen molar-refractivity contribution >= 4 is 11.6 Å². The lowest BCUT2D eigenvalue weighted by molar-refractivity contribution is 0.0360. The summed E-state index contributed by atoms with van der Waals surface area (Å²) in [6.45, 7) is 12.9. The van der Waals surface area contributed by atoms with Crippen molar-refractivity contribution in [3.8, 4) is 0 Å². The molecule has 0 saturated carbocycles. The van der Waals surface area contributed by atoms with Gasteiger partial charge in [0.25, 0.3) is 0 Å². The lowest BCUT2D eigenvalue weighted by Crippen LogP contribution is -2.39. The second-order valence-corrected chi connectivity index (χ2v) is 6.99. The molecule has 1 rings (SSSR count). The zero-order chi connectivity index (χ0) is 14.8. The molecule has 0 aliphatic carbocycles. The standard InChI is InChI=1S/C14H26ClN3O/c1-10(2)18-12(11(15)9-17-18)14(6,19)7-8-16-13(3,4)5/h9-10,16,19H,7-8H2,1-6H3. The van der Waals surface area contributed by atoms with Crippen LogP contribution >= 0.6 is 11.6 Å². The molecule has 0 aromatic carbocycles. The quantitative estimate of drug-likeness (QED) is 0.875. The molecule has 1 unspecified atom stereocenters. The fourth-order valence-corrected chi connectivity index (χ4v) is 2.37. The van der Waals surface area contributed by atoms with Gasteiger partial charge in [-0.25, -0.2) is 0 Å². The lowest BCUT2D eigenvalue weighted by atomic mass is 9.96. The van der Waals surface area contributed by atoms with Gasteiger partial charge in [-0.2, -0.15) is 5.10 Å². The van der Waals surface area contributed by atoms with Crippen LogP contribution in [0.1, 0.15) is 59.7 Å². The van der Waals surface area contributed by atoms with Crippen molar-refractivity contribution in [3.63, 3.8) is 0 Å². The Kier molecular flexibility index (Phi) is 5.04. The number of hydrogen-bond acceptors (Lipinski definition) is 3. The van der Waals surface area contributed by atoms with E-state index >= 15 is 0 Å². The van der Waals surface area contributed by atoms with E-state index in [0.29, 0.717) is 17.1 Å². The van der Waals surface area contributed by atoms with E-state index in [0.717, 1.165) is 6.54 Å². The summed E-state index contributed by atoms with van der Waals surface area (Å²) < 4.78 is 1.79. The van der Waals surface area contributed by atoms with Crippen LogP contribution in [-0.2, 0) is 5.60 Å². The second-order valence-electron chi connectivity index (χ2n) is 6.58. The normalized spacial score (nSPS) is 15.8. The van der Waals surface area contributed by atoms with Crippen LogP contribution in [0.2, 0.25) is 5.02 Å². The van der Waals surface area contributed by atoms with Gasteiger partial charge in [0.1, 0.15) is 5.60 Å². The third-order valence-electron chi connectivity index (χ3n) is 3.02. The zero-order valence-electron chi connectivity index (χ0n) is 12.8. The van der Waals surface area contributed by atoms with Crippen molar-refractivity contribution in [2.24, 2.45) is 0 Å². The molecule has 2 N–H and O–H groups in total. The molecule has 110 valence electrons. The maximum atomic E-state index is 10.7. The molecule has 0 spiro atoms. The molecule has 0 radical (unpaired) electrons. The molecule has 0 aliphatic heterocycles. The van der Waals surface area contributed by atoms with Crippen molar-refractivity contribution in [2.75, 3.05) is 6.54 Å². The zero-order valence-corrected chi connectivity index (χ0v) is 13.5. The van der Waals surface area contributed by atoms with Gasteiger partial charge in [0.15, 0.2) is 0 Å². The van der Waals surface area contributed by atoms with E-state index in [4.69, 9.17) is 11.6 Å². The summed E-state index contributed by atoms with van der Waals surface area (Å²) in [7, 11) is 0. The Morgan fingerprint density at radius 3 is 2.42 bits per heavy atom. The summed E-state index contributed by atoms with van der Waals surface area (Å²) in [5, 5.41) is 18.8. The average molecular weight is 288 g/mol. The SMILES string of the molecule is CC(C)n1ncc(Cl)c1C(C)(O)CCNC(C)(C)C. The molecule has 0 aliphatic rings. The number of halogens is 1. The Labute approximate surface area is 121 Å². The highest BCUT2D eigenvalue weighted by molar-refractivity contribution is 6.31. The van der Waals surface area contributed by atoms with E-state index in [1.807, 2.05) is 13.8 Å². The molecule has 19 heavy (non-hydrogen) atoms. The van der Waals surface area contributed by atoms with Crippen LogP contribution in [0.5, 0.6) is 0 Å². The molecule has 0 bridgehead atoms. The average Bonchev–Trinajstić information content (AvgIpc) is 2.58. The molecule has 5 heteroatoms. The maximum Gasteiger partial charge on any atom is 0.106 e. The van der Waals surface area contributed by atoms with Gasteiger partial charge in [0.05, 0.1) is 16.9 Å². The summed E-state index contributed by atoms with van der Waals surface area (Å²) in [6, 6.07) is 0.171. The third kappa shape index (κ3) is 4.48. The largest absolute Gasteiger partial charge is 0.384 e. The molecule has 1 aromatic heterocycles. The first kappa shape index (κ1) is 16.5. The van der Waals surface area contributed by atoms with E-state index < -0.39 is 5.60 Å². The number of nitrogens with one attached hydrogen (secondary N) is 1. The minimum Gasteiger partial charge on any atom is -0.384 e. The first-order valence-electron chi connectivity index (χ1n) is 6.75. The van der Waals surface area contributed by atoms with Crippen molar-refractivity contribution < 1.29 is 5.11 Å². The Morgan fingerprint density at radius 2 is 1.95 bits per heavy atom. The van der Waals surface area contributed by atoms with E-state index in [1.54, 1.807) is 17.8 Å². The van der Waals surface area contributed by atoms with Gasteiger partial charge in [0, 0.05) is 11.6 Å². The number of rotatable bonds is 5. The van der Waals surface area contributed by atoms with Gasteiger partial charge in [-0.1, -0.05) is 11.6 Å². The number of aromatic nitrogens is 2. The molecular formula is C14H26ClN3O. The van der Waals surface area contributed by atoms with Gasteiger partial charge in [0.2, 0.25) is 0 Å². The fourth-order valence-electron chi connectivity index (χ4n) is 2.04. The maximum absolute atomic E-state index is 10.7. The predicted molar refractivity (Wildman–Crippen MR) is 79.6 cm³/mol. The lowest BCUT2D eigenvalue weighted by Gasteiger charge is -2.28. The van der Waals surface area contributed by atoms with E-state index in [1.165, 1.54) is 0 Å². The molecule has 0 amide bonds. The Morgan fingerprint density at radius 1 is 1.37 bits per heavy atom. The van der Waals surface area contributed by atoms with E-state index in [-0.39, 0.29) is 11.6 Å². The van der Waals surface area contributed by atoms with Crippen molar-refractivity contribution in [2.45, 2.75) is 65.1 Å². The fraction of sp³-hybridized carbons (Fsp3) is 0.786. The van der Waals surface area contributed by atoms with Crippen molar-refractivity contribution in [1.82, 2.24) is 15.1 Å². The van der Waals surface area contributed by atoms with Crippen LogP contribution in [0.15, 0.2) is 6.20 Å². The summed E-state index contributed by atoms with van der Waals surface area (Å²) >= 11 is 6.18. The first-order valence-corrected chi connectivity index (χ1v) is 7.13. The molecular weight excluding hydrogens is 262 g/mol. The van der Waals surface area contributed by atoms with Crippen molar-refractivity contribution in [3.05, 3.63) is 16.9 Å². The number of hydrogen-bond donors (Lipinski definition) is 2. The van der Waals surface area contributed by atoms with Crippen LogP contribution < -0.4 is 5.32 Å². The second kappa shape index (κ2) is 5.81. The van der Waals surface area contributed by atoms with Gasteiger partial charge >= 0.3 is 0 Å². The highest BCUT2D eigenvalue weighted by Crippen LogP contribution is 2.32. The molecule has 1 heterocycles. The van der Waals surface area contributed by atoms with Crippen LogP contribution in [0.25, 0.3) is 0 Å².